The molecule has 0 bridgehead atoms. The first-order valence-electron chi connectivity index (χ1n) is 6.84. The van der Waals surface area contributed by atoms with E-state index in [-0.39, 0.29) is 12.1 Å². The third kappa shape index (κ3) is 4.08. The normalized spacial score (nSPS) is 18.9. The molecule has 0 radical (unpaired) electrons. The lowest BCUT2D eigenvalue weighted by Crippen LogP contribution is -2.42. The number of carbonyl (C=O) groups excluding carboxylic acids is 1. The van der Waals surface area contributed by atoms with E-state index < -0.39 is 5.60 Å². The van der Waals surface area contributed by atoms with Crippen molar-refractivity contribution in [1.29, 1.82) is 0 Å². The van der Waals surface area contributed by atoms with Crippen molar-refractivity contribution in [2.75, 3.05) is 13.2 Å². The molecule has 20 heavy (non-hydrogen) atoms. The summed E-state index contributed by atoms with van der Waals surface area (Å²) in [7, 11) is 0. The van der Waals surface area contributed by atoms with Gasteiger partial charge in [0.1, 0.15) is 12.2 Å². The second kappa shape index (κ2) is 6.07. The summed E-state index contributed by atoms with van der Waals surface area (Å²) in [6.45, 7) is 6.73. The highest BCUT2D eigenvalue weighted by molar-refractivity contribution is 5.68. The molecule has 1 aromatic rings. The molecule has 1 aliphatic rings. The monoisotopic (exact) mass is 279 g/mol. The van der Waals surface area contributed by atoms with E-state index in [2.05, 4.69) is 9.97 Å². The summed E-state index contributed by atoms with van der Waals surface area (Å²) < 4.78 is 11.0. The van der Waals surface area contributed by atoms with Crippen LogP contribution >= 0.6 is 0 Å². The van der Waals surface area contributed by atoms with Gasteiger partial charge in [-0.2, -0.15) is 0 Å². The van der Waals surface area contributed by atoms with Gasteiger partial charge in [-0.3, -0.25) is 4.98 Å². The largest absolute Gasteiger partial charge is 0.474 e. The Bertz CT molecular complexity index is 445. The van der Waals surface area contributed by atoms with Gasteiger partial charge < -0.3 is 14.4 Å². The molecule has 6 heteroatoms. The minimum Gasteiger partial charge on any atom is -0.474 e. The average molecular weight is 279 g/mol. The molecule has 110 valence electrons. The smallest absolute Gasteiger partial charge is 0.410 e. The van der Waals surface area contributed by atoms with Crippen LogP contribution < -0.4 is 4.74 Å². The van der Waals surface area contributed by atoms with E-state index in [1.54, 1.807) is 23.5 Å². The maximum Gasteiger partial charge on any atom is 0.410 e. The summed E-state index contributed by atoms with van der Waals surface area (Å²) >= 11 is 0. The van der Waals surface area contributed by atoms with Crippen LogP contribution in [0, 0.1) is 0 Å². The molecule has 0 aliphatic carbocycles. The molecule has 2 rings (SSSR count). The molecule has 6 nitrogen and oxygen atoms in total. The van der Waals surface area contributed by atoms with Crippen molar-refractivity contribution >= 4 is 6.09 Å². The number of hydrogen-bond acceptors (Lipinski definition) is 5. The highest BCUT2D eigenvalue weighted by Crippen LogP contribution is 2.21. The highest BCUT2D eigenvalue weighted by Gasteiger charge is 2.32. The summed E-state index contributed by atoms with van der Waals surface area (Å²) in [5, 5.41) is 0. The zero-order valence-corrected chi connectivity index (χ0v) is 12.2. The van der Waals surface area contributed by atoms with Crippen LogP contribution in [0.1, 0.15) is 33.6 Å². The van der Waals surface area contributed by atoms with E-state index in [0.717, 1.165) is 12.8 Å². The van der Waals surface area contributed by atoms with Gasteiger partial charge in [-0.25, -0.2) is 9.78 Å². The van der Waals surface area contributed by atoms with E-state index in [1.165, 1.54) is 0 Å². The zero-order chi connectivity index (χ0) is 14.6. The van der Waals surface area contributed by atoms with Gasteiger partial charge in [0, 0.05) is 18.9 Å². The third-order valence-corrected chi connectivity index (χ3v) is 2.97. The molecule has 0 spiro atoms. The SMILES string of the molecule is CC(C)(C)OC(=O)N1CCCC1COc1cnccn1. The minimum absolute atomic E-state index is 0.0341. The Morgan fingerprint density at radius 3 is 2.90 bits per heavy atom. The Kier molecular flexibility index (Phi) is 4.42. The molecule has 1 aliphatic heterocycles. The van der Waals surface area contributed by atoms with Crippen LogP contribution in [0.25, 0.3) is 0 Å². The predicted molar refractivity (Wildman–Crippen MR) is 73.5 cm³/mol. The first-order chi connectivity index (χ1) is 9.46. The Hall–Kier alpha value is -1.85. The number of carbonyl (C=O) groups is 1. The zero-order valence-electron chi connectivity index (χ0n) is 12.2. The molecule has 1 fully saturated rings. The van der Waals surface area contributed by atoms with Crippen molar-refractivity contribution in [2.45, 2.75) is 45.3 Å². The second-order valence-corrected chi connectivity index (χ2v) is 5.82. The van der Waals surface area contributed by atoms with E-state index in [0.29, 0.717) is 19.0 Å². The standard InChI is InChI=1S/C14H21N3O3/c1-14(2,3)20-13(18)17-8-4-5-11(17)10-19-12-9-15-6-7-16-12/h6-7,9,11H,4-5,8,10H2,1-3H3. The maximum atomic E-state index is 12.1. The maximum absolute atomic E-state index is 12.1. The molecule has 0 N–H and O–H groups in total. The van der Waals surface area contributed by atoms with Crippen molar-refractivity contribution in [3.63, 3.8) is 0 Å². The number of likely N-dealkylation sites (tertiary alicyclic amines) is 1. The minimum atomic E-state index is -0.476. The molecular weight excluding hydrogens is 258 g/mol. The lowest BCUT2D eigenvalue weighted by atomic mass is 10.2. The fourth-order valence-electron chi connectivity index (χ4n) is 2.11. The van der Waals surface area contributed by atoms with Gasteiger partial charge in [-0.05, 0) is 33.6 Å². The summed E-state index contributed by atoms with van der Waals surface area (Å²) in [5.74, 6) is 0.475. The van der Waals surface area contributed by atoms with Crippen LogP contribution in [-0.4, -0.2) is 45.8 Å². The molecular formula is C14H21N3O3. The fourth-order valence-corrected chi connectivity index (χ4v) is 2.11. The molecule has 1 aromatic heterocycles. The van der Waals surface area contributed by atoms with Crippen molar-refractivity contribution < 1.29 is 14.3 Å². The fraction of sp³-hybridized carbons (Fsp3) is 0.643. The van der Waals surface area contributed by atoms with Crippen molar-refractivity contribution in [3.05, 3.63) is 18.6 Å². The Balaban J connectivity index is 1.89. The first-order valence-corrected chi connectivity index (χ1v) is 6.84. The summed E-state index contributed by atoms with van der Waals surface area (Å²) in [4.78, 5) is 21.8. The van der Waals surface area contributed by atoms with Gasteiger partial charge >= 0.3 is 6.09 Å². The van der Waals surface area contributed by atoms with Crippen LogP contribution in [0.4, 0.5) is 4.79 Å². The molecule has 0 saturated carbocycles. The van der Waals surface area contributed by atoms with Gasteiger partial charge in [0.2, 0.25) is 5.88 Å². The van der Waals surface area contributed by atoms with E-state index in [9.17, 15) is 4.79 Å². The van der Waals surface area contributed by atoms with E-state index in [1.807, 2.05) is 20.8 Å². The Labute approximate surface area is 119 Å². The van der Waals surface area contributed by atoms with Crippen LogP contribution in [0.3, 0.4) is 0 Å². The van der Waals surface area contributed by atoms with Crippen LogP contribution in [0.2, 0.25) is 0 Å². The molecule has 1 amide bonds. The van der Waals surface area contributed by atoms with Gasteiger partial charge in [0.15, 0.2) is 0 Å². The quantitative estimate of drug-likeness (QED) is 0.849. The Morgan fingerprint density at radius 2 is 2.25 bits per heavy atom. The molecule has 1 atom stereocenters. The third-order valence-electron chi connectivity index (χ3n) is 2.97. The molecule has 1 unspecified atom stereocenters. The Morgan fingerprint density at radius 1 is 1.45 bits per heavy atom. The van der Waals surface area contributed by atoms with Crippen molar-refractivity contribution in [3.8, 4) is 5.88 Å². The van der Waals surface area contributed by atoms with Crippen LogP contribution in [0.15, 0.2) is 18.6 Å². The van der Waals surface area contributed by atoms with Crippen LogP contribution in [0.5, 0.6) is 5.88 Å². The summed E-state index contributed by atoms with van der Waals surface area (Å²) in [6, 6.07) is 0.0341. The number of hydrogen-bond donors (Lipinski definition) is 0. The number of nitrogens with zero attached hydrogens (tertiary/aromatic N) is 3. The number of amides is 1. The average Bonchev–Trinajstić information content (AvgIpc) is 2.84. The van der Waals surface area contributed by atoms with Gasteiger partial charge in [0.05, 0.1) is 12.2 Å². The lowest BCUT2D eigenvalue weighted by Gasteiger charge is -2.28. The second-order valence-electron chi connectivity index (χ2n) is 5.82. The first kappa shape index (κ1) is 14.6. The van der Waals surface area contributed by atoms with Gasteiger partial charge in [-0.15, -0.1) is 0 Å². The highest BCUT2D eigenvalue weighted by atomic mass is 16.6. The summed E-state index contributed by atoms with van der Waals surface area (Å²) in [5.41, 5.74) is -0.476. The molecule has 1 saturated heterocycles. The van der Waals surface area contributed by atoms with Crippen molar-refractivity contribution in [1.82, 2.24) is 14.9 Å². The lowest BCUT2D eigenvalue weighted by molar-refractivity contribution is 0.0185. The van der Waals surface area contributed by atoms with Gasteiger partial charge in [0.25, 0.3) is 0 Å². The molecule has 0 aromatic carbocycles. The summed E-state index contributed by atoms with van der Waals surface area (Å²) in [6.07, 6.45) is 6.34. The van der Waals surface area contributed by atoms with Crippen molar-refractivity contribution in [2.24, 2.45) is 0 Å². The number of ether oxygens (including phenoxy) is 2. The van der Waals surface area contributed by atoms with E-state index in [4.69, 9.17) is 9.47 Å². The van der Waals surface area contributed by atoms with E-state index >= 15 is 0 Å². The number of rotatable bonds is 3. The van der Waals surface area contributed by atoms with Crippen LogP contribution in [-0.2, 0) is 4.74 Å². The number of aromatic nitrogens is 2. The molecule has 2 heterocycles. The topological polar surface area (TPSA) is 64.5 Å². The predicted octanol–water partition coefficient (Wildman–Crippen LogP) is 2.25. The van der Waals surface area contributed by atoms with Gasteiger partial charge in [-0.1, -0.05) is 0 Å².